The van der Waals surface area contributed by atoms with Crippen molar-refractivity contribution < 1.29 is 0 Å². The van der Waals surface area contributed by atoms with E-state index in [1.807, 2.05) is 0 Å². The molecule has 1 atom stereocenters. The van der Waals surface area contributed by atoms with Crippen molar-refractivity contribution in [2.24, 2.45) is 0 Å². The van der Waals surface area contributed by atoms with Gasteiger partial charge in [-0.15, -0.1) is 0 Å². The van der Waals surface area contributed by atoms with E-state index in [1.54, 1.807) is 0 Å². The number of benzene rings is 2. The summed E-state index contributed by atoms with van der Waals surface area (Å²) in [4.78, 5) is 0. The fourth-order valence-electron chi connectivity index (χ4n) is 1.92. The summed E-state index contributed by atoms with van der Waals surface area (Å²) in [5.41, 5.74) is 5.08. The fraction of sp³-hybridized carbons (Fsp3) is 0.250. The molecule has 0 fully saturated rings. The molecule has 0 heterocycles. The highest BCUT2D eigenvalue weighted by atomic mass is 14.9. The number of hydrogen-bond acceptors (Lipinski definition) is 1. The maximum atomic E-state index is 3.52. The highest BCUT2D eigenvalue weighted by Gasteiger charge is 2.04. The smallest absolute Gasteiger partial charge is 0.0485 e. The lowest BCUT2D eigenvalue weighted by Gasteiger charge is -2.16. The maximum Gasteiger partial charge on any atom is 0.0485 e. The predicted octanol–water partition coefficient (Wildman–Crippen LogP) is 4.48. The third kappa shape index (κ3) is 3.10. The molecule has 0 saturated heterocycles. The van der Waals surface area contributed by atoms with Gasteiger partial charge in [-0.3, -0.25) is 0 Å². The van der Waals surface area contributed by atoms with Crippen molar-refractivity contribution in [1.29, 1.82) is 0 Å². The van der Waals surface area contributed by atoms with E-state index in [2.05, 4.69) is 74.6 Å². The van der Waals surface area contributed by atoms with Crippen LogP contribution in [-0.4, -0.2) is 0 Å². The molecular formula is C16H19N. The van der Waals surface area contributed by atoms with Gasteiger partial charge in [-0.1, -0.05) is 42.0 Å². The van der Waals surface area contributed by atoms with E-state index in [0.717, 1.165) is 0 Å². The summed E-state index contributed by atoms with van der Waals surface area (Å²) in [7, 11) is 0. The zero-order valence-corrected chi connectivity index (χ0v) is 10.7. The van der Waals surface area contributed by atoms with Gasteiger partial charge in [0.15, 0.2) is 0 Å². The molecule has 0 spiro atoms. The molecule has 0 aliphatic rings. The Hall–Kier alpha value is -1.76. The van der Waals surface area contributed by atoms with E-state index < -0.39 is 0 Å². The average Bonchev–Trinajstić information content (AvgIpc) is 2.29. The van der Waals surface area contributed by atoms with Crippen molar-refractivity contribution in [3.63, 3.8) is 0 Å². The molecule has 0 aromatic heterocycles. The molecule has 2 rings (SSSR count). The standard InChI is InChI=1S/C16H19N/c1-12-7-9-15(10-8-12)14(3)17-16-6-4-5-13(2)11-16/h4-11,14,17H,1-3H3/t14-/m0/s1. The van der Waals surface area contributed by atoms with Crippen molar-refractivity contribution in [3.8, 4) is 0 Å². The Morgan fingerprint density at radius 3 is 2.24 bits per heavy atom. The fourth-order valence-corrected chi connectivity index (χ4v) is 1.92. The lowest BCUT2D eigenvalue weighted by molar-refractivity contribution is 0.884. The topological polar surface area (TPSA) is 12.0 Å². The van der Waals surface area contributed by atoms with Gasteiger partial charge in [-0.25, -0.2) is 0 Å². The minimum Gasteiger partial charge on any atom is -0.379 e. The van der Waals surface area contributed by atoms with Crippen LogP contribution in [0.5, 0.6) is 0 Å². The van der Waals surface area contributed by atoms with Gasteiger partial charge in [0.25, 0.3) is 0 Å². The second-order valence-electron chi connectivity index (χ2n) is 4.65. The number of anilines is 1. The third-order valence-corrected chi connectivity index (χ3v) is 2.98. The van der Waals surface area contributed by atoms with Crippen LogP contribution in [0.1, 0.15) is 29.7 Å². The van der Waals surface area contributed by atoms with Gasteiger partial charge in [-0.2, -0.15) is 0 Å². The molecule has 17 heavy (non-hydrogen) atoms. The van der Waals surface area contributed by atoms with E-state index >= 15 is 0 Å². The SMILES string of the molecule is Cc1ccc([C@H](C)Nc2cccc(C)c2)cc1. The highest BCUT2D eigenvalue weighted by molar-refractivity contribution is 5.47. The normalized spacial score (nSPS) is 12.2. The quantitative estimate of drug-likeness (QED) is 0.812. The molecule has 0 radical (unpaired) electrons. The summed E-state index contributed by atoms with van der Waals surface area (Å²) in [5.74, 6) is 0. The summed E-state index contributed by atoms with van der Waals surface area (Å²) >= 11 is 0. The minimum atomic E-state index is 0.331. The number of hydrogen-bond donors (Lipinski definition) is 1. The van der Waals surface area contributed by atoms with Crippen molar-refractivity contribution in [1.82, 2.24) is 0 Å². The van der Waals surface area contributed by atoms with E-state index in [4.69, 9.17) is 0 Å². The zero-order valence-electron chi connectivity index (χ0n) is 10.7. The largest absolute Gasteiger partial charge is 0.379 e. The van der Waals surface area contributed by atoms with Crippen LogP contribution in [0, 0.1) is 13.8 Å². The molecule has 1 heteroatoms. The van der Waals surface area contributed by atoms with Crippen LogP contribution in [0.15, 0.2) is 48.5 Å². The van der Waals surface area contributed by atoms with Gasteiger partial charge in [0.2, 0.25) is 0 Å². The Morgan fingerprint density at radius 1 is 0.882 bits per heavy atom. The van der Waals surface area contributed by atoms with Crippen LogP contribution < -0.4 is 5.32 Å². The highest BCUT2D eigenvalue weighted by Crippen LogP contribution is 2.20. The first-order valence-corrected chi connectivity index (χ1v) is 6.05. The minimum absolute atomic E-state index is 0.331. The Kier molecular flexibility index (Phi) is 3.48. The molecule has 2 aromatic rings. The molecule has 0 aliphatic heterocycles. The van der Waals surface area contributed by atoms with Crippen LogP contribution in [0.4, 0.5) is 5.69 Å². The third-order valence-electron chi connectivity index (χ3n) is 2.98. The Labute approximate surface area is 103 Å². The van der Waals surface area contributed by atoms with E-state index in [1.165, 1.54) is 22.4 Å². The monoisotopic (exact) mass is 225 g/mol. The average molecular weight is 225 g/mol. The molecule has 0 unspecified atom stereocenters. The van der Waals surface area contributed by atoms with Crippen molar-refractivity contribution in [2.75, 3.05) is 5.32 Å². The first kappa shape index (κ1) is 11.7. The van der Waals surface area contributed by atoms with Crippen molar-refractivity contribution >= 4 is 5.69 Å². The van der Waals surface area contributed by atoms with Gasteiger partial charge in [0, 0.05) is 11.7 Å². The predicted molar refractivity (Wildman–Crippen MR) is 74.4 cm³/mol. The molecule has 0 aliphatic carbocycles. The Bertz CT molecular complexity index is 485. The lowest BCUT2D eigenvalue weighted by Crippen LogP contribution is -2.06. The summed E-state index contributed by atoms with van der Waals surface area (Å²) in [6.07, 6.45) is 0. The molecule has 2 aromatic carbocycles. The Balaban J connectivity index is 2.11. The van der Waals surface area contributed by atoms with Gasteiger partial charge in [0.05, 0.1) is 0 Å². The first-order chi connectivity index (χ1) is 8.15. The van der Waals surface area contributed by atoms with Crippen LogP contribution in [0.2, 0.25) is 0 Å². The van der Waals surface area contributed by atoms with Crippen LogP contribution in [0.25, 0.3) is 0 Å². The molecule has 1 N–H and O–H groups in total. The van der Waals surface area contributed by atoms with Gasteiger partial charge in [0.1, 0.15) is 0 Å². The second-order valence-corrected chi connectivity index (χ2v) is 4.65. The molecular weight excluding hydrogens is 206 g/mol. The summed E-state index contributed by atoms with van der Waals surface area (Å²) in [6, 6.07) is 17.5. The van der Waals surface area contributed by atoms with E-state index in [9.17, 15) is 0 Å². The molecule has 0 bridgehead atoms. The molecule has 88 valence electrons. The summed E-state index contributed by atoms with van der Waals surface area (Å²) in [5, 5.41) is 3.52. The molecule has 0 amide bonds. The van der Waals surface area contributed by atoms with Crippen molar-refractivity contribution in [2.45, 2.75) is 26.8 Å². The Morgan fingerprint density at radius 2 is 1.59 bits per heavy atom. The number of rotatable bonds is 3. The van der Waals surface area contributed by atoms with Crippen LogP contribution in [-0.2, 0) is 0 Å². The van der Waals surface area contributed by atoms with Crippen molar-refractivity contribution in [3.05, 3.63) is 65.2 Å². The molecule has 1 nitrogen and oxygen atoms in total. The summed E-state index contributed by atoms with van der Waals surface area (Å²) < 4.78 is 0. The van der Waals surface area contributed by atoms with Gasteiger partial charge < -0.3 is 5.32 Å². The number of nitrogens with one attached hydrogen (secondary N) is 1. The van der Waals surface area contributed by atoms with Crippen LogP contribution in [0.3, 0.4) is 0 Å². The number of aryl methyl sites for hydroxylation is 2. The van der Waals surface area contributed by atoms with Gasteiger partial charge >= 0.3 is 0 Å². The summed E-state index contributed by atoms with van der Waals surface area (Å²) in [6.45, 7) is 6.41. The van der Waals surface area contributed by atoms with Gasteiger partial charge in [-0.05, 0) is 44.0 Å². The lowest BCUT2D eigenvalue weighted by atomic mass is 10.1. The second kappa shape index (κ2) is 5.05. The van der Waals surface area contributed by atoms with Crippen LogP contribution >= 0.6 is 0 Å². The molecule has 0 saturated carbocycles. The maximum absolute atomic E-state index is 3.52. The van der Waals surface area contributed by atoms with E-state index in [-0.39, 0.29) is 0 Å². The van der Waals surface area contributed by atoms with E-state index in [0.29, 0.717) is 6.04 Å². The first-order valence-electron chi connectivity index (χ1n) is 6.05. The zero-order chi connectivity index (χ0) is 12.3.